The molecule has 6 heteroatoms. The monoisotopic (exact) mass is 407 g/mol. The topological polar surface area (TPSA) is 71.1 Å². The van der Waals surface area contributed by atoms with E-state index in [2.05, 4.69) is 15.0 Å². The third-order valence-corrected chi connectivity index (χ3v) is 6.24. The van der Waals surface area contributed by atoms with Crippen LogP contribution in [0.5, 0.6) is 0 Å². The van der Waals surface area contributed by atoms with E-state index in [-0.39, 0.29) is 17.9 Å². The molecule has 1 saturated carbocycles. The summed E-state index contributed by atoms with van der Waals surface area (Å²) in [5.41, 5.74) is 1.57. The fourth-order valence-corrected chi connectivity index (χ4v) is 4.62. The summed E-state index contributed by atoms with van der Waals surface area (Å²) < 4.78 is 5.27. The van der Waals surface area contributed by atoms with Crippen LogP contribution in [0.3, 0.4) is 0 Å². The predicted molar refractivity (Wildman–Crippen MR) is 118 cm³/mol. The second-order valence-corrected chi connectivity index (χ2v) is 8.38. The quantitative estimate of drug-likeness (QED) is 0.609. The molecule has 0 spiro atoms. The van der Waals surface area contributed by atoms with Crippen LogP contribution in [0.15, 0.2) is 48.5 Å². The molecular formula is C23H25N3O2S. The van der Waals surface area contributed by atoms with Gasteiger partial charge in [-0.1, -0.05) is 56.4 Å². The molecule has 0 bridgehead atoms. The van der Waals surface area contributed by atoms with Crippen molar-refractivity contribution in [3.63, 3.8) is 0 Å². The lowest BCUT2D eigenvalue weighted by molar-refractivity contribution is 0.0929. The summed E-state index contributed by atoms with van der Waals surface area (Å²) in [5.74, 6) is -0.342. The molecule has 0 unspecified atom stereocenters. The molecule has 0 radical (unpaired) electrons. The number of hydrogen-bond donors (Lipinski definition) is 2. The molecule has 1 aromatic heterocycles. The lowest BCUT2D eigenvalue weighted by atomic mass is 9.96. The standard InChI is InChI=1S/C23H25N3O2S/c27-22(24-17-10-4-2-1-3-5-11-17)16-9-8-12-18(15-16)25-23(28)21-19-13-6-7-14-20(19)29-26-21/h6-9,12-15,17H,1-5,10-11H2,(H,24,27)(H,25,28). The number of benzene rings is 2. The van der Waals surface area contributed by atoms with Crippen LogP contribution in [0.25, 0.3) is 10.1 Å². The minimum atomic E-state index is -0.264. The summed E-state index contributed by atoms with van der Waals surface area (Å²) in [5, 5.41) is 6.89. The first kappa shape index (κ1) is 19.6. The Kier molecular flexibility index (Phi) is 6.20. The van der Waals surface area contributed by atoms with Gasteiger partial charge in [-0.25, -0.2) is 0 Å². The zero-order chi connectivity index (χ0) is 20.1. The van der Waals surface area contributed by atoms with Crippen LogP contribution in [0.1, 0.15) is 65.8 Å². The Morgan fingerprint density at radius 1 is 0.897 bits per heavy atom. The molecule has 1 aliphatic carbocycles. The van der Waals surface area contributed by atoms with Gasteiger partial charge in [0.25, 0.3) is 11.8 Å². The molecule has 150 valence electrons. The number of nitrogens with zero attached hydrogens (tertiary/aromatic N) is 1. The molecule has 0 atom stereocenters. The normalized spacial score (nSPS) is 15.4. The van der Waals surface area contributed by atoms with Crippen LogP contribution >= 0.6 is 11.5 Å². The molecular weight excluding hydrogens is 382 g/mol. The molecule has 4 rings (SSSR count). The Balaban J connectivity index is 1.44. The first-order chi connectivity index (χ1) is 14.2. The van der Waals surface area contributed by atoms with Crippen molar-refractivity contribution in [2.75, 3.05) is 5.32 Å². The van der Waals surface area contributed by atoms with Gasteiger partial charge in [-0.3, -0.25) is 9.59 Å². The Morgan fingerprint density at radius 2 is 1.66 bits per heavy atom. The number of nitrogens with one attached hydrogen (secondary N) is 2. The Bertz CT molecular complexity index is 1010. The summed E-state index contributed by atoms with van der Waals surface area (Å²) in [7, 11) is 0. The number of fused-ring (bicyclic) bond motifs is 1. The van der Waals surface area contributed by atoms with Crippen molar-refractivity contribution >= 4 is 39.1 Å². The Hall–Kier alpha value is -2.73. The zero-order valence-electron chi connectivity index (χ0n) is 16.3. The predicted octanol–water partition coefficient (Wildman–Crippen LogP) is 5.39. The molecule has 5 nitrogen and oxygen atoms in total. The molecule has 1 heterocycles. The maximum atomic E-state index is 12.7. The highest BCUT2D eigenvalue weighted by Gasteiger charge is 2.17. The van der Waals surface area contributed by atoms with Crippen molar-refractivity contribution in [2.24, 2.45) is 0 Å². The van der Waals surface area contributed by atoms with E-state index in [1.807, 2.05) is 24.3 Å². The van der Waals surface area contributed by atoms with Crippen LogP contribution in [-0.2, 0) is 0 Å². The van der Waals surface area contributed by atoms with Crippen LogP contribution < -0.4 is 10.6 Å². The fourth-order valence-electron chi connectivity index (χ4n) is 3.85. The molecule has 2 amide bonds. The number of aromatic nitrogens is 1. The van der Waals surface area contributed by atoms with Gasteiger partial charge in [0, 0.05) is 22.7 Å². The van der Waals surface area contributed by atoms with E-state index in [0.717, 1.165) is 22.9 Å². The zero-order valence-corrected chi connectivity index (χ0v) is 17.1. The van der Waals surface area contributed by atoms with Crippen molar-refractivity contribution in [1.29, 1.82) is 0 Å². The van der Waals surface area contributed by atoms with Gasteiger partial charge < -0.3 is 10.6 Å². The highest BCUT2D eigenvalue weighted by molar-refractivity contribution is 7.13. The van der Waals surface area contributed by atoms with Crippen molar-refractivity contribution < 1.29 is 9.59 Å². The smallest absolute Gasteiger partial charge is 0.276 e. The fraction of sp³-hybridized carbons (Fsp3) is 0.348. The van der Waals surface area contributed by atoms with Crippen molar-refractivity contribution in [3.8, 4) is 0 Å². The maximum absolute atomic E-state index is 12.7. The molecule has 2 N–H and O–H groups in total. The van der Waals surface area contributed by atoms with E-state index in [1.54, 1.807) is 24.3 Å². The molecule has 29 heavy (non-hydrogen) atoms. The largest absolute Gasteiger partial charge is 0.349 e. The van der Waals surface area contributed by atoms with Gasteiger partial charge in [0.2, 0.25) is 0 Å². The van der Waals surface area contributed by atoms with Gasteiger partial charge in [0.1, 0.15) is 5.69 Å². The van der Waals surface area contributed by atoms with E-state index in [4.69, 9.17) is 0 Å². The van der Waals surface area contributed by atoms with Crippen LogP contribution in [0, 0.1) is 0 Å². The molecule has 0 saturated heterocycles. The number of carbonyl (C=O) groups is 2. The second-order valence-electron chi connectivity index (χ2n) is 7.58. The first-order valence-electron chi connectivity index (χ1n) is 10.3. The molecule has 0 aliphatic heterocycles. The van der Waals surface area contributed by atoms with Gasteiger partial charge in [-0.2, -0.15) is 4.37 Å². The number of amides is 2. The van der Waals surface area contributed by atoms with Crippen LogP contribution in [-0.4, -0.2) is 22.2 Å². The Morgan fingerprint density at radius 3 is 2.48 bits per heavy atom. The Labute approximate surface area is 174 Å². The number of carbonyl (C=O) groups excluding carboxylic acids is 2. The first-order valence-corrected chi connectivity index (χ1v) is 11.0. The van der Waals surface area contributed by atoms with Gasteiger partial charge >= 0.3 is 0 Å². The van der Waals surface area contributed by atoms with Gasteiger partial charge in [-0.05, 0) is 48.6 Å². The molecule has 1 fully saturated rings. The minimum absolute atomic E-state index is 0.0780. The van der Waals surface area contributed by atoms with E-state index in [0.29, 0.717) is 16.9 Å². The summed E-state index contributed by atoms with van der Waals surface area (Å²) >= 11 is 1.31. The summed E-state index contributed by atoms with van der Waals surface area (Å²) in [6, 6.07) is 15.0. The number of anilines is 1. The average molecular weight is 408 g/mol. The van der Waals surface area contributed by atoms with E-state index < -0.39 is 0 Å². The molecule has 1 aliphatic rings. The lowest BCUT2D eigenvalue weighted by Gasteiger charge is -2.21. The maximum Gasteiger partial charge on any atom is 0.276 e. The van der Waals surface area contributed by atoms with Gasteiger partial charge in [0.15, 0.2) is 0 Å². The molecule has 3 aromatic rings. The van der Waals surface area contributed by atoms with Gasteiger partial charge in [0.05, 0.1) is 4.70 Å². The highest BCUT2D eigenvalue weighted by Crippen LogP contribution is 2.23. The van der Waals surface area contributed by atoms with E-state index in [1.165, 1.54) is 43.6 Å². The SMILES string of the molecule is O=C(NC1CCCCCCC1)c1cccc(NC(=O)c2nsc3ccccc23)c1. The lowest BCUT2D eigenvalue weighted by Crippen LogP contribution is -2.35. The second kappa shape index (κ2) is 9.18. The third-order valence-electron chi connectivity index (χ3n) is 5.42. The summed E-state index contributed by atoms with van der Waals surface area (Å²) in [6.45, 7) is 0. The van der Waals surface area contributed by atoms with Crippen molar-refractivity contribution in [1.82, 2.24) is 9.69 Å². The van der Waals surface area contributed by atoms with Crippen molar-refractivity contribution in [3.05, 3.63) is 59.8 Å². The average Bonchev–Trinajstić information content (AvgIpc) is 3.14. The van der Waals surface area contributed by atoms with Crippen molar-refractivity contribution in [2.45, 2.75) is 51.0 Å². The third kappa shape index (κ3) is 4.82. The van der Waals surface area contributed by atoms with Crippen LogP contribution in [0.2, 0.25) is 0 Å². The van der Waals surface area contributed by atoms with E-state index >= 15 is 0 Å². The number of hydrogen-bond acceptors (Lipinski definition) is 4. The number of rotatable bonds is 4. The highest BCUT2D eigenvalue weighted by atomic mass is 32.1. The van der Waals surface area contributed by atoms with E-state index in [9.17, 15) is 9.59 Å². The summed E-state index contributed by atoms with van der Waals surface area (Å²) in [4.78, 5) is 25.4. The molecule has 2 aromatic carbocycles. The van der Waals surface area contributed by atoms with Gasteiger partial charge in [-0.15, -0.1) is 0 Å². The summed E-state index contributed by atoms with van der Waals surface area (Å²) in [6.07, 6.45) is 8.22. The minimum Gasteiger partial charge on any atom is -0.349 e. The van der Waals surface area contributed by atoms with Crippen LogP contribution in [0.4, 0.5) is 5.69 Å².